The molecule has 0 N–H and O–H groups in total. The minimum absolute atomic E-state index is 0.163. The molecule has 0 bridgehead atoms. The summed E-state index contributed by atoms with van der Waals surface area (Å²) in [6, 6.07) is 3.48. The summed E-state index contributed by atoms with van der Waals surface area (Å²) >= 11 is 11.5. The van der Waals surface area contributed by atoms with Gasteiger partial charge in [0.2, 0.25) is 5.88 Å². The number of halogens is 2. The molecule has 0 saturated heterocycles. The zero-order valence-electron chi connectivity index (χ0n) is 9.15. The molecular weight excluding hydrogens is 265 g/mol. The number of alkyl halides is 2. The first-order chi connectivity index (χ1) is 8.03. The molecule has 1 atom stereocenters. The molecule has 92 valence electrons. The Morgan fingerprint density at radius 1 is 1.59 bits per heavy atom. The number of aromatic nitrogens is 1. The maximum absolute atomic E-state index is 11.5. The van der Waals surface area contributed by atoms with Crippen LogP contribution in [-0.2, 0) is 16.1 Å². The molecule has 0 aliphatic heterocycles. The van der Waals surface area contributed by atoms with Crippen LogP contribution in [0.15, 0.2) is 18.3 Å². The molecule has 1 fully saturated rings. The van der Waals surface area contributed by atoms with Crippen molar-refractivity contribution in [2.45, 2.75) is 17.4 Å². The van der Waals surface area contributed by atoms with Gasteiger partial charge in [-0.3, -0.25) is 4.79 Å². The van der Waals surface area contributed by atoms with Gasteiger partial charge in [-0.15, -0.1) is 23.2 Å². The van der Waals surface area contributed by atoms with Gasteiger partial charge in [-0.05, 0) is 12.5 Å². The summed E-state index contributed by atoms with van der Waals surface area (Å²) in [4.78, 5) is 15.5. The first kappa shape index (κ1) is 12.5. The third kappa shape index (κ3) is 3.01. The summed E-state index contributed by atoms with van der Waals surface area (Å²) in [7, 11) is 1.54. The molecule has 4 nitrogen and oxygen atoms in total. The fourth-order valence-electron chi connectivity index (χ4n) is 1.34. The number of hydrogen-bond donors (Lipinski definition) is 0. The molecule has 1 saturated carbocycles. The summed E-state index contributed by atoms with van der Waals surface area (Å²) in [6.45, 7) is 0.163. The molecular formula is C11H11Cl2NO3. The lowest BCUT2D eigenvalue weighted by atomic mass is 10.3. The van der Waals surface area contributed by atoms with E-state index >= 15 is 0 Å². The Hall–Kier alpha value is -1.00. The molecule has 6 heteroatoms. The third-order valence-corrected chi connectivity index (χ3v) is 3.33. The Morgan fingerprint density at radius 3 is 2.76 bits per heavy atom. The number of carbonyl (C=O) groups is 1. The van der Waals surface area contributed by atoms with E-state index in [-0.39, 0.29) is 12.6 Å². The number of pyridine rings is 1. The van der Waals surface area contributed by atoms with Crippen molar-refractivity contribution in [2.24, 2.45) is 5.92 Å². The standard InChI is InChI=1S/C11H11Cl2NO3/c1-16-9-3-2-7(5-14-9)6-17-10(15)8-4-11(8,12)13/h2-3,5,8H,4,6H2,1H3/t8-/m0/s1. The van der Waals surface area contributed by atoms with Crippen LogP contribution >= 0.6 is 23.2 Å². The fourth-order valence-corrected chi connectivity index (χ4v) is 1.83. The summed E-state index contributed by atoms with van der Waals surface area (Å²) in [5.74, 6) is -0.259. The average molecular weight is 276 g/mol. The Kier molecular flexibility index (Phi) is 3.45. The van der Waals surface area contributed by atoms with Gasteiger partial charge in [-0.25, -0.2) is 4.98 Å². The fraction of sp³-hybridized carbons (Fsp3) is 0.455. The van der Waals surface area contributed by atoms with Gasteiger partial charge in [-0.2, -0.15) is 0 Å². The minimum atomic E-state index is -0.935. The summed E-state index contributed by atoms with van der Waals surface area (Å²) in [6.07, 6.45) is 2.05. The second-order valence-corrected chi connectivity index (χ2v) is 5.38. The summed E-state index contributed by atoms with van der Waals surface area (Å²) < 4.78 is 9.05. The van der Waals surface area contributed by atoms with Gasteiger partial charge in [-0.1, -0.05) is 0 Å². The maximum atomic E-state index is 11.5. The van der Waals surface area contributed by atoms with Crippen LogP contribution in [0.4, 0.5) is 0 Å². The minimum Gasteiger partial charge on any atom is -0.481 e. The van der Waals surface area contributed by atoms with Crippen LogP contribution in [0, 0.1) is 5.92 Å². The van der Waals surface area contributed by atoms with Gasteiger partial charge in [0.05, 0.1) is 13.0 Å². The van der Waals surface area contributed by atoms with E-state index in [4.69, 9.17) is 32.7 Å². The van der Waals surface area contributed by atoms with E-state index in [9.17, 15) is 4.79 Å². The summed E-state index contributed by atoms with van der Waals surface area (Å²) in [5, 5.41) is 0. The van der Waals surface area contributed by atoms with Crippen LogP contribution in [0.5, 0.6) is 5.88 Å². The highest BCUT2D eigenvalue weighted by Crippen LogP contribution is 2.53. The zero-order valence-corrected chi connectivity index (χ0v) is 10.7. The van der Waals surface area contributed by atoms with Crippen molar-refractivity contribution in [2.75, 3.05) is 7.11 Å². The number of hydrogen-bond acceptors (Lipinski definition) is 4. The van der Waals surface area contributed by atoms with Crippen molar-refractivity contribution in [1.29, 1.82) is 0 Å². The Balaban J connectivity index is 1.83. The zero-order chi connectivity index (χ0) is 12.5. The second-order valence-electron chi connectivity index (χ2n) is 3.83. The molecule has 0 radical (unpaired) electrons. The molecule has 1 heterocycles. The molecule has 1 aromatic rings. The number of methoxy groups -OCH3 is 1. The van der Waals surface area contributed by atoms with Crippen molar-refractivity contribution in [3.8, 4) is 5.88 Å². The van der Waals surface area contributed by atoms with E-state index < -0.39 is 10.3 Å². The van der Waals surface area contributed by atoms with Gasteiger partial charge in [0.15, 0.2) is 0 Å². The van der Waals surface area contributed by atoms with E-state index in [1.165, 1.54) is 7.11 Å². The first-order valence-corrected chi connectivity index (χ1v) is 5.82. The lowest BCUT2D eigenvalue weighted by Gasteiger charge is -2.05. The van der Waals surface area contributed by atoms with E-state index in [0.29, 0.717) is 12.3 Å². The van der Waals surface area contributed by atoms with Gasteiger partial charge in [0.1, 0.15) is 10.9 Å². The van der Waals surface area contributed by atoms with Crippen molar-refractivity contribution in [3.63, 3.8) is 0 Å². The molecule has 1 aliphatic rings. The highest BCUT2D eigenvalue weighted by molar-refractivity contribution is 6.52. The van der Waals surface area contributed by atoms with Crippen LogP contribution < -0.4 is 4.74 Å². The average Bonchev–Trinajstić information content (AvgIpc) is 2.96. The van der Waals surface area contributed by atoms with Crippen LogP contribution in [0.3, 0.4) is 0 Å². The Morgan fingerprint density at radius 2 is 2.29 bits per heavy atom. The van der Waals surface area contributed by atoms with Crippen molar-refractivity contribution in [3.05, 3.63) is 23.9 Å². The van der Waals surface area contributed by atoms with Gasteiger partial charge in [0.25, 0.3) is 0 Å². The summed E-state index contributed by atoms with van der Waals surface area (Å²) in [5.41, 5.74) is 0.787. The first-order valence-electron chi connectivity index (χ1n) is 5.06. The monoisotopic (exact) mass is 275 g/mol. The second kappa shape index (κ2) is 4.70. The predicted molar refractivity (Wildman–Crippen MR) is 63.1 cm³/mol. The van der Waals surface area contributed by atoms with Crippen LogP contribution in [0.25, 0.3) is 0 Å². The van der Waals surface area contributed by atoms with Crippen LogP contribution in [-0.4, -0.2) is 22.4 Å². The Labute approximate surface area is 109 Å². The predicted octanol–water partition coefficient (Wildman–Crippen LogP) is 2.33. The number of esters is 1. The number of nitrogens with zero attached hydrogens (tertiary/aromatic N) is 1. The molecule has 17 heavy (non-hydrogen) atoms. The lowest BCUT2D eigenvalue weighted by molar-refractivity contribution is -0.146. The lowest BCUT2D eigenvalue weighted by Crippen LogP contribution is -2.10. The van der Waals surface area contributed by atoms with Gasteiger partial charge < -0.3 is 9.47 Å². The van der Waals surface area contributed by atoms with Crippen molar-refractivity contribution in [1.82, 2.24) is 4.98 Å². The normalized spacial score (nSPS) is 20.8. The van der Waals surface area contributed by atoms with Gasteiger partial charge >= 0.3 is 5.97 Å². The highest BCUT2D eigenvalue weighted by Gasteiger charge is 2.57. The molecule has 0 unspecified atom stereocenters. The largest absolute Gasteiger partial charge is 0.481 e. The third-order valence-electron chi connectivity index (χ3n) is 2.50. The van der Waals surface area contributed by atoms with Gasteiger partial charge in [0, 0.05) is 17.8 Å². The smallest absolute Gasteiger partial charge is 0.312 e. The molecule has 0 aromatic carbocycles. The number of rotatable bonds is 4. The molecule has 0 spiro atoms. The van der Waals surface area contributed by atoms with E-state index in [0.717, 1.165) is 5.56 Å². The molecule has 0 amide bonds. The Bertz CT molecular complexity index is 419. The number of ether oxygens (including phenoxy) is 2. The van der Waals surface area contributed by atoms with Crippen LogP contribution in [0.1, 0.15) is 12.0 Å². The molecule has 1 aliphatic carbocycles. The van der Waals surface area contributed by atoms with E-state index in [1.807, 2.05) is 0 Å². The SMILES string of the molecule is COc1ccc(COC(=O)[C@@H]2CC2(Cl)Cl)cn1. The van der Waals surface area contributed by atoms with Crippen LogP contribution in [0.2, 0.25) is 0 Å². The highest BCUT2D eigenvalue weighted by atomic mass is 35.5. The maximum Gasteiger partial charge on any atom is 0.312 e. The van der Waals surface area contributed by atoms with Crippen molar-refractivity contribution >= 4 is 29.2 Å². The van der Waals surface area contributed by atoms with Crippen molar-refractivity contribution < 1.29 is 14.3 Å². The number of carbonyl (C=O) groups excluding carboxylic acids is 1. The molecule has 1 aromatic heterocycles. The van der Waals surface area contributed by atoms with E-state index in [1.54, 1.807) is 18.3 Å². The molecule has 2 rings (SSSR count). The quantitative estimate of drug-likeness (QED) is 0.625. The van der Waals surface area contributed by atoms with E-state index in [2.05, 4.69) is 4.98 Å². The topological polar surface area (TPSA) is 48.4 Å².